The molecule has 2 aliphatic heterocycles. The molecule has 1 amide bonds. The highest BCUT2D eigenvalue weighted by Crippen LogP contribution is 2.27. The number of rotatable bonds is 5. The maximum absolute atomic E-state index is 14.2. The molecule has 5 rings (SSSR count). The van der Waals surface area contributed by atoms with Crippen molar-refractivity contribution < 1.29 is 18.7 Å². The van der Waals surface area contributed by atoms with E-state index in [4.69, 9.17) is 20.6 Å². The number of benzodiazepines with no additional fused rings is 1. The molecule has 9 nitrogen and oxygen atoms in total. The van der Waals surface area contributed by atoms with Crippen LogP contribution in [0.5, 0.6) is 0 Å². The van der Waals surface area contributed by atoms with Crippen LogP contribution in [0.2, 0.25) is 0 Å². The fraction of sp³-hybridized carbons (Fsp3) is 0.241. The van der Waals surface area contributed by atoms with Crippen molar-refractivity contribution >= 4 is 34.9 Å². The number of fused-ring (bicyclic) bond motifs is 1. The van der Waals surface area contributed by atoms with Crippen LogP contribution in [-0.4, -0.2) is 55.5 Å². The number of nitrogens with one attached hydrogen (secondary N) is 2. The third-order valence-electron chi connectivity index (χ3n) is 6.57. The molecule has 0 spiro atoms. The van der Waals surface area contributed by atoms with Crippen LogP contribution in [0.3, 0.4) is 0 Å². The number of carbonyl (C=O) groups excluding carboxylic acids is 1. The van der Waals surface area contributed by atoms with Crippen LogP contribution >= 0.6 is 0 Å². The van der Waals surface area contributed by atoms with Crippen LogP contribution < -0.4 is 16.0 Å². The molecule has 0 radical (unpaired) electrons. The van der Waals surface area contributed by atoms with Gasteiger partial charge in [-0.15, -0.1) is 0 Å². The van der Waals surface area contributed by atoms with Crippen LogP contribution in [-0.2, 0) is 14.3 Å². The third kappa shape index (κ3) is 5.80. The van der Waals surface area contributed by atoms with Crippen molar-refractivity contribution in [3.63, 3.8) is 0 Å². The van der Waals surface area contributed by atoms with Gasteiger partial charge < -0.3 is 25.4 Å². The summed E-state index contributed by atoms with van der Waals surface area (Å²) in [6, 6.07) is 20.5. The number of aliphatic imine (C=N–C) groups is 2. The van der Waals surface area contributed by atoms with E-state index in [-0.39, 0.29) is 12.0 Å². The van der Waals surface area contributed by atoms with Crippen LogP contribution in [0.1, 0.15) is 30.0 Å². The van der Waals surface area contributed by atoms with Crippen molar-refractivity contribution in [3.05, 3.63) is 95.3 Å². The molecule has 3 aromatic rings. The topological polar surface area (TPSA) is 125 Å². The normalized spacial score (nSPS) is 19.4. The van der Waals surface area contributed by atoms with Gasteiger partial charge in [0, 0.05) is 24.2 Å². The molecule has 10 heteroatoms. The standard InChI is InChI=1S/C29H29FN6O3/c1-2-20-17-36(14-15-38-20)24-16-19(30)12-13-22(24)26(31)39-29(32)35-27-28(37)33-23-11-7-6-10-21(23)25(34-27)18-8-4-3-5-9-18/h3-13,16,20,27,31H,2,14-15,17H2,1H3,(H2,32,35)(H,33,37). The monoisotopic (exact) mass is 528 g/mol. The van der Waals surface area contributed by atoms with Gasteiger partial charge in [0.2, 0.25) is 12.1 Å². The van der Waals surface area contributed by atoms with Gasteiger partial charge in [0.25, 0.3) is 11.9 Å². The van der Waals surface area contributed by atoms with Crippen LogP contribution in [0.4, 0.5) is 15.8 Å². The first-order chi connectivity index (χ1) is 18.9. The number of para-hydroxylation sites is 1. The molecule has 0 saturated carbocycles. The highest BCUT2D eigenvalue weighted by molar-refractivity contribution is 6.19. The summed E-state index contributed by atoms with van der Waals surface area (Å²) < 4.78 is 25.5. The van der Waals surface area contributed by atoms with Gasteiger partial charge in [0.05, 0.1) is 35.4 Å². The smallest absolute Gasteiger partial charge is 0.291 e. The second-order valence-electron chi connectivity index (χ2n) is 9.16. The van der Waals surface area contributed by atoms with E-state index >= 15 is 0 Å². The van der Waals surface area contributed by atoms with Crippen molar-refractivity contribution in [3.8, 4) is 0 Å². The number of hydrogen-bond acceptors (Lipinski definition) is 7. The lowest BCUT2D eigenvalue weighted by atomic mass is 10.0. The zero-order chi connectivity index (χ0) is 27.4. The summed E-state index contributed by atoms with van der Waals surface area (Å²) in [5, 5.41) is 11.4. The summed E-state index contributed by atoms with van der Waals surface area (Å²) >= 11 is 0. The Morgan fingerprint density at radius 2 is 1.97 bits per heavy atom. The number of benzene rings is 3. The Balaban J connectivity index is 1.42. The Labute approximate surface area is 225 Å². The lowest BCUT2D eigenvalue weighted by Gasteiger charge is -2.35. The van der Waals surface area contributed by atoms with Gasteiger partial charge >= 0.3 is 0 Å². The molecular weight excluding hydrogens is 499 g/mol. The fourth-order valence-corrected chi connectivity index (χ4v) is 4.61. The molecule has 0 bridgehead atoms. The van der Waals surface area contributed by atoms with E-state index < -0.39 is 23.9 Å². The molecule has 1 saturated heterocycles. The number of hydrogen-bond donors (Lipinski definition) is 3. The zero-order valence-corrected chi connectivity index (χ0v) is 21.4. The van der Waals surface area contributed by atoms with E-state index in [1.54, 1.807) is 6.07 Å². The molecule has 0 aliphatic carbocycles. The average Bonchev–Trinajstić information content (AvgIpc) is 3.09. The predicted octanol–water partition coefficient (Wildman–Crippen LogP) is 3.91. The highest BCUT2D eigenvalue weighted by atomic mass is 19.1. The number of ether oxygens (including phenoxy) is 2. The maximum Gasteiger partial charge on any atom is 0.291 e. The Morgan fingerprint density at radius 3 is 2.77 bits per heavy atom. The number of amidine groups is 1. The minimum atomic E-state index is -1.25. The molecule has 0 aromatic heterocycles. The molecule has 2 aliphatic rings. The molecule has 4 N–H and O–H groups in total. The van der Waals surface area contributed by atoms with Gasteiger partial charge in [0.15, 0.2) is 0 Å². The molecule has 3 aromatic carbocycles. The van der Waals surface area contributed by atoms with Gasteiger partial charge in [-0.3, -0.25) is 10.2 Å². The average molecular weight is 529 g/mol. The number of morpholine rings is 1. The molecule has 200 valence electrons. The van der Waals surface area contributed by atoms with Gasteiger partial charge in [-0.1, -0.05) is 55.5 Å². The van der Waals surface area contributed by atoms with Crippen LogP contribution in [0, 0.1) is 11.2 Å². The van der Waals surface area contributed by atoms with Crippen LogP contribution in [0.25, 0.3) is 0 Å². The van der Waals surface area contributed by atoms with Gasteiger partial charge in [-0.25, -0.2) is 9.38 Å². The number of nitrogens with two attached hydrogens (primary N) is 1. The lowest BCUT2D eigenvalue weighted by Crippen LogP contribution is -2.43. The van der Waals surface area contributed by atoms with Crippen molar-refractivity contribution in [1.82, 2.24) is 0 Å². The van der Waals surface area contributed by atoms with Crippen molar-refractivity contribution in [1.29, 1.82) is 5.41 Å². The van der Waals surface area contributed by atoms with Gasteiger partial charge in [-0.2, -0.15) is 4.99 Å². The minimum Gasteiger partial charge on any atom is -0.407 e. The number of halogens is 1. The summed E-state index contributed by atoms with van der Waals surface area (Å²) in [6.07, 6.45) is -0.433. The maximum atomic E-state index is 14.2. The van der Waals surface area contributed by atoms with E-state index in [0.29, 0.717) is 42.3 Å². The first-order valence-electron chi connectivity index (χ1n) is 12.7. The Hall–Kier alpha value is -4.57. The quantitative estimate of drug-likeness (QED) is 0.342. The predicted molar refractivity (Wildman–Crippen MR) is 149 cm³/mol. The van der Waals surface area contributed by atoms with Crippen molar-refractivity contribution in [2.75, 3.05) is 29.9 Å². The summed E-state index contributed by atoms with van der Waals surface area (Å²) in [5.41, 5.74) is 9.64. The first-order valence-corrected chi connectivity index (χ1v) is 12.7. The second-order valence-corrected chi connectivity index (χ2v) is 9.16. The number of nitrogens with zero attached hydrogens (tertiary/aromatic N) is 3. The second kappa shape index (κ2) is 11.4. The van der Waals surface area contributed by atoms with Gasteiger partial charge in [0.1, 0.15) is 5.82 Å². The molecule has 1 fully saturated rings. The summed E-state index contributed by atoms with van der Waals surface area (Å²) in [7, 11) is 0. The highest BCUT2D eigenvalue weighted by Gasteiger charge is 2.27. The van der Waals surface area contributed by atoms with Crippen LogP contribution in [0.15, 0.2) is 82.8 Å². The SMILES string of the molecule is CCC1CN(c2cc(F)ccc2C(=N)O/C(N)=N/C2N=C(c3ccccc3)c3ccccc3NC2=O)CCO1. The fourth-order valence-electron chi connectivity index (χ4n) is 4.61. The molecule has 2 unspecified atom stereocenters. The van der Waals surface area contributed by atoms with Gasteiger partial charge in [-0.05, 0) is 30.7 Å². The number of amides is 1. The molecule has 39 heavy (non-hydrogen) atoms. The third-order valence-corrected chi connectivity index (χ3v) is 6.57. The first kappa shape index (κ1) is 26.1. The van der Waals surface area contributed by atoms with E-state index in [1.807, 2.05) is 60.4 Å². The van der Waals surface area contributed by atoms with Crippen molar-refractivity contribution in [2.24, 2.45) is 15.7 Å². The minimum absolute atomic E-state index is 0.00569. The summed E-state index contributed by atoms with van der Waals surface area (Å²) in [5.74, 6) is -1.25. The Bertz CT molecular complexity index is 1440. The van der Waals surface area contributed by atoms with Crippen molar-refractivity contribution in [2.45, 2.75) is 25.6 Å². The van der Waals surface area contributed by atoms with E-state index in [1.165, 1.54) is 18.2 Å². The Morgan fingerprint density at radius 1 is 1.21 bits per heavy atom. The number of carbonyl (C=O) groups is 1. The summed E-state index contributed by atoms with van der Waals surface area (Å²) in [4.78, 5) is 23.9. The molecule has 2 heterocycles. The Kier molecular flexibility index (Phi) is 7.64. The molecule has 2 atom stereocenters. The summed E-state index contributed by atoms with van der Waals surface area (Å²) in [6.45, 7) is 3.62. The lowest BCUT2D eigenvalue weighted by molar-refractivity contribution is -0.117. The zero-order valence-electron chi connectivity index (χ0n) is 21.4. The largest absolute Gasteiger partial charge is 0.407 e. The van der Waals surface area contributed by atoms with E-state index in [2.05, 4.69) is 15.3 Å². The van der Waals surface area contributed by atoms with E-state index in [0.717, 1.165) is 17.5 Å². The van der Waals surface area contributed by atoms with E-state index in [9.17, 15) is 9.18 Å². The molecular formula is C29H29FN6O3. The number of anilines is 2.